The number of hydrazine groups is 1. The van der Waals surface area contributed by atoms with E-state index in [0.717, 1.165) is 14.8 Å². The largest absolute Gasteiger partial charge is 0.392 e. The molecule has 0 aromatic heterocycles. The molecule has 0 aliphatic carbocycles. The van der Waals surface area contributed by atoms with Crippen LogP contribution in [0, 0.1) is 3.57 Å². The number of hydrogen-bond donors (Lipinski definition) is 3. The molecule has 0 aliphatic rings. The number of benzene rings is 1. The lowest BCUT2D eigenvalue weighted by atomic mass is 10.2. The van der Waals surface area contributed by atoms with Crippen LogP contribution in [0.4, 0.5) is 5.69 Å². The highest BCUT2D eigenvalue weighted by atomic mass is 127. The van der Waals surface area contributed by atoms with Gasteiger partial charge in [0.05, 0.1) is 12.3 Å². The van der Waals surface area contributed by atoms with Gasteiger partial charge in [-0.2, -0.15) is 0 Å². The summed E-state index contributed by atoms with van der Waals surface area (Å²) in [7, 11) is 0. The van der Waals surface area contributed by atoms with E-state index in [-0.39, 0.29) is 6.61 Å². The van der Waals surface area contributed by atoms with Gasteiger partial charge in [-0.1, -0.05) is 12.1 Å². The van der Waals surface area contributed by atoms with E-state index in [2.05, 4.69) is 28.0 Å². The van der Waals surface area contributed by atoms with Gasteiger partial charge in [0.2, 0.25) is 0 Å². The molecule has 0 atom stereocenters. The van der Waals surface area contributed by atoms with Crippen LogP contribution in [-0.4, -0.2) is 5.11 Å². The summed E-state index contributed by atoms with van der Waals surface area (Å²) in [6.45, 7) is 0.0494. The van der Waals surface area contributed by atoms with Gasteiger partial charge in [-0.15, -0.1) is 0 Å². The molecule has 0 unspecified atom stereocenters. The summed E-state index contributed by atoms with van der Waals surface area (Å²) < 4.78 is 0.968. The van der Waals surface area contributed by atoms with E-state index in [0.29, 0.717) is 0 Å². The van der Waals surface area contributed by atoms with E-state index in [4.69, 9.17) is 10.9 Å². The second kappa shape index (κ2) is 3.89. The zero-order chi connectivity index (χ0) is 8.27. The lowest BCUT2D eigenvalue weighted by Gasteiger charge is -2.06. The van der Waals surface area contributed by atoms with Crippen molar-refractivity contribution in [2.75, 3.05) is 5.43 Å². The van der Waals surface area contributed by atoms with E-state index in [1.807, 2.05) is 18.2 Å². The van der Waals surface area contributed by atoms with Crippen molar-refractivity contribution < 1.29 is 5.11 Å². The van der Waals surface area contributed by atoms with E-state index < -0.39 is 0 Å². The van der Waals surface area contributed by atoms with Crippen LogP contribution in [0.2, 0.25) is 0 Å². The Labute approximate surface area is 78.7 Å². The highest BCUT2D eigenvalue weighted by molar-refractivity contribution is 14.1. The number of halogens is 1. The van der Waals surface area contributed by atoms with Gasteiger partial charge in [0.1, 0.15) is 0 Å². The molecule has 0 amide bonds. The molecule has 3 nitrogen and oxygen atoms in total. The predicted molar refractivity (Wildman–Crippen MR) is 52.9 cm³/mol. The van der Waals surface area contributed by atoms with Crippen molar-refractivity contribution in [2.24, 2.45) is 5.84 Å². The molecule has 0 fully saturated rings. The summed E-state index contributed by atoms with van der Waals surface area (Å²) in [5.74, 6) is 5.24. The molecule has 1 aromatic rings. The highest BCUT2D eigenvalue weighted by Crippen LogP contribution is 2.20. The van der Waals surface area contributed by atoms with Crippen LogP contribution in [0.15, 0.2) is 18.2 Å². The van der Waals surface area contributed by atoms with Gasteiger partial charge >= 0.3 is 0 Å². The van der Waals surface area contributed by atoms with Crippen molar-refractivity contribution in [3.63, 3.8) is 0 Å². The summed E-state index contributed by atoms with van der Waals surface area (Å²) in [6.07, 6.45) is 0. The van der Waals surface area contributed by atoms with Crippen molar-refractivity contribution >= 4 is 28.3 Å². The lowest BCUT2D eigenvalue weighted by Crippen LogP contribution is -2.09. The molecule has 0 radical (unpaired) electrons. The summed E-state index contributed by atoms with van der Waals surface area (Å²) in [4.78, 5) is 0. The van der Waals surface area contributed by atoms with Gasteiger partial charge < -0.3 is 10.5 Å². The van der Waals surface area contributed by atoms with E-state index >= 15 is 0 Å². The van der Waals surface area contributed by atoms with E-state index in [9.17, 15) is 0 Å². The smallest absolute Gasteiger partial charge is 0.0692 e. The SMILES string of the molecule is NNc1cccc(CO)c1I. The van der Waals surface area contributed by atoms with Crippen LogP contribution in [0.3, 0.4) is 0 Å². The van der Waals surface area contributed by atoms with Crippen LogP contribution in [0.1, 0.15) is 5.56 Å². The minimum atomic E-state index is 0.0494. The average Bonchev–Trinajstić information content (AvgIpc) is 2.05. The number of aliphatic hydroxyl groups excluding tert-OH is 1. The normalized spacial score (nSPS) is 9.73. The molecular weight excluding hydrogens is 255 g/mol. The molecule has 1 aromatic carbocycles. The number of rotatable bonds is 2. The third-order valence-corrected chi connectivity index (χ3v) is 2.68. The van der Waals surface area contributed by atoms with Gasteiger partial charge in [-0.25, -0.2) is 0 Å². The molecule has 0 saturated heterocycles. The number of nitrogens with two attached hydrogens (primary N) is 1. The Hall–Kier alpha value is -0.330. The molecule has 11 heavy (non-hydrogen) atoms. The summed E-state index contributed by atoms with van der Waals surface area (Å²) in [5, 5.41) is 8.86. The molecule has 0 heterocycles. The topological polar surface area (TPSA) is 58.3 Å². The molecule has 1 rings (SSSR count). The van der Waals surface area contributed by atoms with Crippen LogP contribution in [-0.2, 0) is 6.61 Å². The van der Waals surface area contributed by atoms with E-state index in [1.54, 1.807) is 0 Å². The van der Waals surface area contributed by atoms with Crippen molar-refractivity contribution in [3.8, 4) is 0 Å². The number of nitrogens with one attached hydrogen (secondary N) is 1. The first-order valence-corrected chi connectivity index (χ1v) is 4.22. The minimum absolute atomic E-state index is 0.0494. The molecule has 0 bridgehead atoms. The first-order chi connectivity index (χ1) is 5.29. The van der Waals surface area contributed by atoms with Crippen LogP contribution >= 0.6 is 22.6 Å². The van der Waals surface area contributed by atoms with Gasteiger partial charge in [0.25, 0.3) is 0 Å². The zero-order valence-corrected chi connectivity index (χ0v) is 8.00. The van der Waals surface area contributed by atoms with Gasteiger partial charge in [-0.3, -0.25) is 5.84 Å². The molecule has 60 valence electrons. The lowest BCUT2D eigenvalue weighted by molar-refractivity contribution is 0.281. The van der Waals surface area contributed by atoms with Crippen LogP contribution in [0.5, 0.6) is 0 Å². The molecule has 4 heteroatoms. The second-order valence-corrected chi connectivity index (χ2v) is 3.16. The van der Waals surface area contributed by atoms with Crippen molar-refractivity contribution in [3.05, 3.63) is 27.3 Å². The summed E-state index contributed by atoms with van der Waals surface area (Å²) >= 11 is 2.14. The van der Waals surface area contributed by atoms with Crippen LogP contribution in [0.25, 0.3) is 0 Å². The Kier molecular flexibility index (Phi) is 3.10. The Bertz CT molecular complexity index is 230. The van der Waals surface area contributed by atoms with Gasteiger partial charge in [0, 0.05) is 3.57 Å². The third-order valence-electron chi connectivity index (χ3n) is 1.40. The fraction of sp³-hybridized carbons (Fsp3) is 0.143. The van der Waals surface area contributed by atoms with Gasteiger partial charge in [-0.05, 0) is 34.2 Å². The van der Waals surface area contributed by atoms with E-state index in [1.165, 1.54) is 0 Å². The maximum atomic E-state index is 8.86. The number of aliphatic hydroxyl groups is 1. The standard InChI is InChI=1S/C7H9IN2O/c8-7-5(4-11)2-1-3-6(7)10-9/h1-3,10-11H,4,9H2. The molecule has 0 saturated carbocycles. The molecular formula is C7H9IN2O. The number of anilines is 1. The summed E-state index contributed by atoms with van der Waals surface area (Å²) in [5.41, 5.74) is 4.29. The Morgan fingerprint density at radius 1 is 1.55 bits per heavy atom. The maximum Gasteiger partial charge on any atom is 0.0692 e. The van der Waals surface area contributed by atoms with Gasteiger partial charge in [0.15, 0.2) is 0 Å². The monoisotopic (exact) mass is 264 g/mol. The predicted octanol–water partition coefficient (Wildman–Crippen LogP) is 1.07. The second-order valence-electron chi connectivity index (χ2n) is 2.08. The number of nitrogen functional groups attached to an aromatic ring is 1. The fourth-order valence-corrected chi connectivity index (χ4v) is 1.50. The Morgan fingerprint density at radius 3 is 2.82 bits per heavy atom. The molecule has 4 N–H and O–H groups in total. The van der Waals surface area contributed by atoms with Crippen LogP contribution < -0.4 is 11.3 Å². The fourth-order valence-electron chi connectivity index (χ4n) is 0.813. The summed E-state index contributed by atoms with van der Waals surface area (Å²) in [6, 6.07) is 5.58. The molecule has 0 spiro atoms. The first kappa shape index (κ1) is 8.76. The minimum Gasteiger partial charge on any atom is -0.392 e. The maximum absolute atomic E-state index is 8.86. The van der Waals surface area contributed by atoms with Crippen molar-refractivity contribution in [1.29, 1.82) is 0 Å². The quantitative estimate of drug-likeness (QED) is 0.425. The first-order valence-electron chi connectivity index (χ1n) is 3.14. The zero-order valence-electron chi connectivity index (χ0n) is 5.84. The highest BCUT2D eigenvalue weighted by Gasteiger charge is 2.01. The average molecular weight is 264 g/mol. The Balaban J connectivity index is 3.10. The van der Waals surface area contributed by atoms with Crippen molar-refractivity contribution in [2.45, 2.75) is 6.61 Å². The number of hydrogen-bond acceptors (Lipinski definition) is 3. The third kappa shape index (κ3) is 1.82. The molecule has 0 aliphatic heterocycles. The van der Waals surface area contributed by atoms with Crippen molar-refractivity contribution in [1.82, 2.24) is 0 Å². The Morgan fingerprint density at radius 2 is 2.27 bits per heavy atom.